The van der Waals surface area contributed by atoms with Crippen LogP contribution in [0.15, 0.2) is 29.2 Å². The molecule has 30 heavy (non-hydrogen) atoms. The van der Waals surface area contributed by atoms with E-state index in [9.17, 15) is 17.6 Å². The number of benzene rings is 1. The first-order chi connectivity index (χ1) is 13.4. The van der Waals surface area contributed by atoms with E-state index < -0.39 is 15.8 Å². The minimum Gasteiger partial charge on any atom is -0.338 e. The lowest BCUT2D eigenvalue weighted by Crippen LogP contribution is -2.41. The predicted molar refractivity (Wildman–Crippen MR) is 116 cm³/mol. The standard InChI is InChI=1S/C20H29FN3O3S.2CH2/c21-17-7-6-10-19(13-17)28(26,27)24-12-11-16(15-24)14-22-20(25)23-18-8-4-2-1-3-5-9-18;;/h6-7,10,13,16H,1-5,8-9,11-12,14-15H2,(H2,22,23,25);2*1H2. The molecule has 1 aromatic rings. The van der Waals surface area contributed by atoms with E-state index in [-0.39, 0.29) is 31.7 Å². The average molecular weight is 439 g/mol. The van der Waals surface area contributed by atoms with Crippen molar-refractivity contribution in [3.63, 3.8) is 0 Å². The molecule has 1 aromatic carbocycles. The van der Waals surface area contributed by atoms with Gasteiger partial charge >= 0.3 is 6.03 Å². The normalized spacial score (nSPS) is 20.9. The van der Waals surface area contributed by atoms with E-state index in [1.165, 1.54) is 41.8 Å². The Morgan fingerprint density at radius 3 is 2.43 bits per heavy atom. The highest BCUT2D eigenvalue weighted by Gasteiger charge is 2.32. The maximum Gasteiger partial charge on any atom is 0.315 e. The molecule has 6 nitrogen and oxygen atoms in total. The summed E-state index contributed by atoms with van der Waals surface area (Å²) in [5.41, 5.74) is 0. The van der Waals surface area contributed by atoms with Gasteiger partial charge in [-0.25, -0.2) is 17.6 Å². The summed E-state index contributed by atoms with van der Waals surface area (Å²) < 4.78 is 40.0. The molecule has 1 unspecified atom stereocenters. The first-order valence-electron chi connectivity index (χ1n) is 10.1. The van der Waals surface area contributed by atoms with Crippen LogP contribution in [0.25, 0.3) is 0 Å². The molecular weight excluding hydrogens is 405 g/mol. The molecule has 0 bridgehead atoms. The quantitative estimate of drug-likeness (QED) is 0.727. The Hall–Kier alpha value is -1.67. The van der Waals surface area contributed by atoms with Gasteiger partial charge in [0.05, 0.1) is 10.9 Å². The van der Waals surface area contributed by atoms with Crippen LogP contribution in [0.1, 0.15) is 51.4 Å². The fourth-order valence-corrected chi connectivity index (χ4v) is 5.42. The molecule has 167 valence electrons. The molecule has 2 amide bonds. The molecule has 5 radical (unpaired) electrons. The monoisotopic (exact) mass is 438 g/mol. The van der Waals surface area contributed by atoms with E-state index >= 15 is 0 Å². The van der Waals surface area contributed by atoms with E-state index in [1.807, 2.05) is 0 Å². The number of rotatable bonds is 5. The van der Waals surface area contributed by atoms with Gasteiger partial charge in [0.1, 0.15) is 5.82 Å². The summed E-state index contributed by atoms with van der Waals surface area (Å²) in [6.07, 6.45) is 8.49. The Morgan fingerprint density at radius 2 is 1.77 bits per heavy atom. The zero-order valence-corrected chi connectivity index (χ0v) is 18.4. The van der Waals surface area contributed by atoms with E-state index in [2.05, 4.69) is 10.6 Å². The van der Waals surface area contributed by atoms with Gasteiger partial charge < -0.3 is 10.6 Å². The van der Waals surface area contributed by atoms with Gasteiger partial charge in [-0.1, -0.05) is 53.0 Å². The largest absolute Gasteiger partial charge is 0.338 e. The molecule has 1 saturated heterocycles. The van der Waals surface area contributed by atoms with Crippen LogP contribution in [0.4, 0.5) is 9.18 Å². The fraction of sp³-hybridized carbons (Fsp3) is 0.545. The summed E-state index contributed by atoms with van der Waals surface area (Å²) in [5, 5.41) is 5.85. The number of nitrogens with one attached hydrogen (secondary N) is 2. The highest BCUT2D eigenvalue weighted by molar-refractivity contribution is 7.89. The van der Waals surface area contributed by atoms with E-state index in [0.717, 1.165) is 37.8 Å². The lowest BCUT2D eigenvalue weighted by atomic mass is 9.97. The molecule has 1 heterocycles. The van der Waals surface area contributed by atoms with Crippen molar-refractivity contribution in [3.05, 3.63) is 51.0 Å². The fourth-order valence-electron chi connectivity index (χ4n) is 3.86. The van der Waals surface area contributed by atoms with Crippen molar-refractivity contribution >= 4 is 16.1 Å². The molecular formula is C22H33FN3O3S. The van der Waals surface area contributed by atoms with Gasteiger partial charge in [0, 0.05) is 19.6 Å². The summed E-state index contributed by atoms with van der Waals surface area (Å²) in [6.45, 7) is 1.13. The Balaban J connectivity index is 0.00000225. The van der Waals surface area contributed by atoms with E-state index in [1.54, 1.807) is 0 Å². The maximum absolute atomic E-state index is 13.4. The Kier molecular flexibility index (Phi) is 10.8. The number of sulfonamides is 1. The maximum atomic E-state index is 13.4. The average Bonchev–Trinajstić information content (AvgIpc) is 3.12. The third-order valence-corrected chi connectivity index (χ3v) is 7.34. The first-order valence-corrected chi connectivity index (χ1v) is 11.5. The van der Waals surface area contributed by atoms with E-state index in [4.69, 9.17) is 0 Å². The topological polar surface area (TPSA) is 78.5 Å². The number of carbonyl (C=O) groups is 1. The predicted octanol–water partition coefficient (Wildman–Crippen LogP) is 4.07. The summed E-state index contributed by atoms with van der Waals surface area (Å²) in [5.74, 6) is -0.515. The van der Waals surface area contributed by atoms with Crippen molar-refractivity contribution < 1.29 is 17.6 Å². The number of urea groups is 1. The molecule has 2 N–H and O–H groups in total. The molecule has 0 aromatic heterocycles. The van der Waals surface area contributed by atoms with Crippen LogP contribution in [0.2, 0.25) is 0 Å². The molecule has 1 saturated carbocycles. The Bertz CT molecular complexity index is 765. The van der Waals surface area contributed by atoms with Gasteiger partial charge in [0.25, 0.3) is 0 Å². The highest BCUT2D eigenvalue weighted by Crippen LogP contribution is 2.25. The van der Waals surface area contributed by atoms with Gasteiger partial charge in [-0.2, -0.15) is 4.31 Å². The molecule has 2 aliphatic rings. The summed E-state index contributed by atoms with van der Waals surface area (Å²) in [4.78, 5) is 12.2. The lowest BCUT2D eigenvalue weighted by Gasteiger charge is -2.21. The van der Waals surface area contributed by atoms with Crippen LogP contribution in [-0.2, 0) is 10.0 Å². The lowest BCUT2D eigenvalue weighted by molar-refractivity contribution is 0.238. The number of halogens is 1. The third kappa shape index (κ3) is 7.23. The van der Waals surface area contributed by atoms with Gasteiger partial charge in [0.15, 0.2) is 0 Å². The van der Waals surface area contributed by atoms with Gasteiger partial charge in [0.2, 0.25) is 10.0 Å². The second-order valence-corrected chi connectivity index (χ2v) is 9.62. The second kappa shape index (κ2) is 12.2. The molecule has 2 fully saturated rings. The van der Waals surface area contributed by atoms with Gasteiger partial charge in [-0.15, -0.1) is 0 Å². The van der Waals surface area contributed by atoms with Gasteiger partial charge in [-0.05, 0) is 43.4 Å². The third-order valence-electron chi connectivity index (χ3n) is 5.48. The van der Waals surface area contributed by atoms with Crippen LogP contribution >= 0.6 is 0 Å². The minimum atomic E-state index is -3.70. The van der Waals surface area contributed by atoms with Crippen molar-refractivity contribution in [1.82, 2.24) is 14.9 Å². The minimum absolute atomic E-state index is 0. The molecule has 1 atom stereocenters. The molecule has 8 heteroatoms. The van der Waals surface area contributed by atoms with E-state index in [0.29, 0.717) is 26.1 Å². The second-order valence-electron chi connectivity index (χ2n) is 7.68. The van der Waals surface area contributed by atoms with Gasteiger partial charge in [-0.3, -0.25) is 0 Å². The van der Waals surface area contributed by atoms with Crippen LogP contribution in [-0.4, -0.2) is 38.4 Å². The highest BCUT2D eigenvalue weighted by atomic mass is 32.2. The number of hydrogen-bond donors (Lipinski definition) is 2. The van der Waals surface area contributed by atoms with Crippen LogP contribution in [0.3, 0.4) is 0 Å². The summed E-state index contributed by atoms with van der Waals surface area (Å²) in [7, 11) is -3.70. The molecule has 1 aliphatic carbocycles. The Morgan fingerprint density at radius 1 is 1.10 bits per heavy atom. The van der Waals surface area contributed by atoms with Crippen molar-refractivity contribution in [2.24, 2.45) is 5.92 Å². The smallest absolute Gasteiger partial charge is 0.315 e. The van der Waals surface area contributed by atoms with Crippen molar-refractivity contribution in [2.75, 3.05) is 19.6 Å². The van der Waals surface area contributed by atoms with Crippen LogP contribution in [0, 0.1) is 32.6 Å². The number of carbonyl (C=O) groups excluding carboxylic acids is 1. The molecule has 3 rings (SSSR count). The summed E-state index contributed by atoms with van der Waals surface area (Å²) in [6, 6.07) is 5.96. The zero-order chi connectivity index (χ0) is 20.0. The number of nitrogens with zero attached hydrogens (tertiary/aromatic N) is 1. The number of amides is 2. The summed E-state index contributed by atoms with van der Waals surface area (Å²) >= 11 is 0. The SMILES string of the molecule is O=C(NCC1CCN(S(=O)(=O)c2cccc(F)c2)C1)N[C]1CCCCCCC1.[CH2].[CH2]. The number of hydrogen-bond acceptors (Lipinski definition) is 3. The zero-order valence-electron chi connectivity index (χ0n) is 17.5. The van der Waals surface area contributed by atoms with Crippen molar-refractivity contribution in [1.29, 1.82) is 0 Å². The van der Waals surface area contributed by atoms with Crippen LogP contribution < -0.4 is 10.6 Å². The molecule has 1 aliphatic heterocycles. The first kappa shape index (κ1) is 26.4. The Labute approximate surface area is 181 Å². The van der Waals surface area contributed by atoms with Crippen molar-refractivity contribution in [3.8, 4) is 0 Å². The molecule has 0 spiro atoms. The van der Waals surface area contributed by atoms with Crippen molar-refractivity contribution in [2.45, 2.75) is 56.3 Å². The van der Waals surface area contributed by atoms with Crippen LogP contribution in [0.5, 0.6) is 0 Å².